The van der Waals surface area contributed by atoms with E-state index in [9.17, 15) is 19.2 Å². The monoisotopic (exact) mass is 662 g/mol. The lowest BCUT2D eigenvalue weighted by atomic mass is 9.81. The number of hydrogen-bond donors (Lipinski definition) is 0. The lowest BCUT2D eigenvalue weighted by Crippen LogP contribution is -2.56. The van der Waals surface area contributed by atoms with Gasteiger partial charge >= 0.3 is 0 Å². The van der Waals surface area contributed by atoms with Gasteiger partial charge in [-0.05, 0) is 62.2 Å². The van der Waals surface area contributed by atoms with Crippen LogP contribution in [0.3, 0.4) is 0 Å². The molecule has 3 amide bonds. The van der Waals surface area contributed by atoms with Gasteiger partial charge in [0.15, 0.2) is 5.78 Å². The highest BCUT2D eigenvalue weighted by Gasteiger charge is 2.55. The van der Waals surface area contributed by atoms with Gasteiger partial charge in [-0.15, -0.1) is 0 Å². The second-order valence-corrected chi connectivity index (χ2v) is 12.1. The molecule has 35 heavy (non-hydrogen) atoms. The molecule has 184 valence electrons. The van der Waals surface area contributed by atoms with Crippen LogP contribution in [0.1, 0.15) is 40.5 Å². The van der Waals surface area contributed by atoms with Crippen molar-refractivity contribution >= 4 is 90.2 Å². The van der Waals surface area contributed by atoms with Gasteiger partial charge in [-0.25, -0.2) is 5.01 Å². The van der Waals surface area contributed by atoms with Crippen molar-refractivity contribution in [1.82, 2.24) is 10.0 Å². The second-order valence-electron chi connectivity index (χ2n) is 8.53. The summed E-state index contributed by atoms with van der Waals surface area (Å²) in [6.45, 7) is 1.48. The second kappa shape index (κ2) is 10.5. The molecule has 1 aliphatic heterocycles. The average molecular weight is 666 g/mol. The minimum atomic E-state index is -1.18. The van der Waals surface area contributed by atoms with Gasteiger partial charge in [-0.2, -0.15) is 5.01 Å². The van der Waals surface area contributed by atoms with Crippen molar-refractivity contribution in [2.45, 2.75) is 35.5 Å². The zero-order chi connectivity index (χ0) is 25.6. The number of Topliss-reactive ketones (excluding diaryl/α,β-unsaturated/α-hetero) is 1. The molecular formula is C24H19Br2Cl3N2O4. The summed E-state index contributed by atoms with van der Waals surface area (Å²) in [5.41, 5.74) is 0.369. The number of amides is 3. The molecule has 2 fully saturated rings. The molecule has 6 nitrogen and oxygen atoms in total. The van der Waals surface area contributed by atoms with Crippen molar-refractivity contribution in [3.8, 4) is 0 Å². The molecule has 2 aliphatic rings. The van der Waals surface area contributed by atoms with Gasteiger partial charge in [0.1, 0.15) is 6.04 Å². The Morgan fingerprint density at radius 1 is 0.886 bits per heavy atom. The Hall–Kier alpha value is -1.45. The van der Waals surface area contributed by atoms with Crippen LogP contribution in [0.2, 0.25) is 15.1 Å². The van der Waals surface area contributed by atoms with Gasteiger partial charge in [0, 0.05) is 25.8 Å². The normalized spacial score (nSPS) is 24.8. The van der Waals surface area contributed by atoms with E-state index in [0.29, 0.717) is 17.9 Å². The summed E-state index contributed by atoms with van der Waals surface area (Å²) < 4.78 is 0. The number of alkyl halides is 2. The van der Waals surface area contributed by atoms with Gasteiger partial charge in [-0.1, -0.05) is 66.7 Å². The molecule has 0 N–H and O–H groups in total. The molecule has 0 spiro atoms. The number of rotatable bonds is 5. The minimum absolute atomic E-state index is 0.00667. The summed E-state index contributed by atoms with van der Waals surface area (Å²) in [7, 11) is 0. The van der Waals surface area contributed by atoms with Gasteiger partial charge in [0.2, 0.25) is 0 Å². The van der Waals surface area contributed by atoms with Crippen molar-refractivity contribution in [2.75, 3.05) is 0 Å². The van der Waals surface area contributed by atoms with E-state index < -0.39 is 41.4 Å². The number of carbonyl (C=O) groups excluding carboxylic acids is 4. The summed E-state index contributed by atoms with van der Waals surface area (Å²) in [5.74, 6) is -3.38. The molecule has 5 atom stereocenters. The van der Waals surface area contributed by atoms with Crippen LogP contribution in [0.15, 0.2) is 42.5 Å². The summed E-state index contributed by atoms with van der Waals surface area (Å²) in [6, 6.07) is 9.22. The quantitative estimate of drug-likeness (QED) is 0.217. The fourth-order valence-corrected chi connectivity index (χ4v) is 6.12. The first kappa shape index (κ1) is 26.6. The van der Waals surface area contributed by atoms with Crippen LogP contribution in [0.25, 0.3) is 0 Å². The maximum atomic E-state index is 13.7. The number of halogens is 5. The first-order chi connectivity index (χ1) is 16.5. The summed E-state index contributed by atoms with van der Waals surface area (Å²) >= 11 is 25.2. The van der Waals surface area contributed by atoms with E-state index in [-0.39, 0.29) is 30.8 Å². The fraction of sp³-hybridized carbons (Fsp3) is 0.333. The van der Waals surface area contributed by atoms with Crippen LogP contribution in [0.4, 0.5) is 0 Å². The third kappa shape index (κ3) is 5.05. The lowest BCUT2D eigenvalue weighted by Gasteiger charge is -2.34. The van der Waals surface area contributed by atoms with E-state index in [1.165, 1.54) is 37.3 Å². The Labute approximate surface area is 234 Å². The van der Waals surface area contributed by atoms with Crippen LogP contribution in [0.5, 0.6) is 0 Å². The zero-order valence-corrected chi connectivity index (χ0v) is 23.7. The largest absolute Gasteiger partial charge is 0.292 e. The molecular weight excluding hydrogens is 646 g/mol. The fourth-order valence-electron chi connectivity index (χ4n) is 4.46. The van der Waals surface area contributed by atoms with E-state index in [2.05, 4.69) is 31.9 Å². The third-order valence-electron chi connectivity index (χ3n) is 6.35. The maximum absolute atomic E-state index is 13.7. The number of hydrogen-bond acceptors (Lipinski definition) is 4. The standard InChI is InChI=1S/C24H19Br2Cl3N2O4/c1-11(21(32)12-2-5-14(27)6-3-12)30(22(33)13-4-7-19(28)20(29)8-13)31-23(34)15-9-17(25)18(26)10-16(15)24(31)35/h2-8,11,15-18H,9-10H2,1H3/t11-,15-,16+,17+,18+/m1/s1. The van der Waals surface area contributed by atoms with Crippen molar-refractivity contribution < 1.29 is 19.2 Å². The van der Waals surface area contributed by atoms with E-state index in [1.54, 1.807) is 12.1 Å². The Morgan fingerprint density at radius 3 is 1.91 bits per heavy atom. The van der Waals surface area contributed by atoms with Gasteiger partial charge < -0.3 is 0 Å². The molecule has 0 radical (unpaired) electrons. The topological polar surface area (TPSA) is 74.8 Å². The summed E-state index contributed by atoms with van der Waals surface area (Å²) in [4.78, 5) is 54.1. The van der Waals surface area contributed by atoms with Gasteiger partial charge in [0.25, 0.3) is 17.7 Å². The van der Waals surface area contributed by atoms with Crippen LogP contribution in [0, 0.1) is 11.8 Å². The lowest BCUT2D eigenvalue weighted by molar-refractivity contribution is -0.156. The minimum Gasteiger partial charge on any atom is -0.292 e. The average Bonchev–Trinajstić information content (AvgIpc) is 3.05. The molecule has 2 aromatic rings. The number of benzene rings is 2. The molecule has 0 unspecified atom stereocenters. The van der Waals surface area contributed by atoms with Crippen LogP contribution < -0.4 is 0 Å². The Kier molecular flexibility index (Phi) is 7.98. The SMILES string of the molecule is C[C@H](C(=O)c1ccc(Cl)cc1)N(C(=O)c1ccc(Cl)c(Cl)c1)N1C(=O)[C@H]2C[C@H](Br)[C@@H](Br)C[C@H]2C1=O. The molecule has 1 heterocycles. The summed E-state index contributed by atoms with van der Waals surface area (Å²) in [5, 5.41) is 2.62. The first-order valence-electron chi connectivity index (χ1n) is 10.8. The van der Waals surface area contributed by atoms with Gasteiger partial charge in [-0.3, -0.25) is 19.2 Å². The number of hydrazine groups is 1. The molecule has 1 saturated heterocycles. The van der Waals surface area contributed by atoms with Crippen molar-refractivity contribution in [1.29, 1.82) is 0 Å². The number of fused-ring (bicyclic) bond motifs is 1. The smallest absolute Gasteiger partial charge is 0.273 e. The van der Waals surface area contributed by atoms with E-state index in [1.807, 2.05) is 0 Å². The van der Waals surface area contributed by atoms with Crippen LogP contribution in [-0.4, -0.2) is 49.2 Å². The third-order valence-corrected chi connectivity index (χ3v) is 10.1. The highest BCUT2D eigenvalue weighted by molar-refractivity contribution is 9.12. The van der Waals surface area contributed by atoms with Crippen molar-refractivity contribution in [2.24, 2.45) is 11.8 Å². The first-order valence-corrected chi connectivity index (χ1v) is 13.7. The zero-order valence-electron chi connectivity index (χ0n) is 18.3. The van der Waals surface area contributed by atoms with Crippen LogP contribution in [-0.2, 0) is 9.59 Å². The van der Waals surface area contributed by atoms with E-state index >= 15 is 0 Å². The Morgan fingerprint density at radius 2 is 1.40 bits per heavy atom. The highest BCUT2D eigenvalue weighted by Crippen LogP contribution is 2.44. The molecule has 1 aliphatic carbocycles. The number of imide groups is 1. The van der Waals surface area contributed by atoms with Crippen LogP contribution >= 0.6 is 66.7 Å². The highest BCUT2D eigenvalue weighted by atomic mass is 79.9. The Bertz CT molecular complexity index is 1180. The van der Waals surface area contributed by atoms with E-state index in [0.717, 1.165) is 10.0 Å². The predicted octanol–water partition coefficient (Wildman–Crippen LogP) is 6.20. The number of ketones is 1. The molecule has 2 aromatic carbocycles. The molecule has 4 rings (SSSR count). The van der Waals surface area contributed by atoms with E-state index in [4.69, 9.17) is 34.8 Å². The Balaban J connectivity index is 1.76. The summed E-state index contributed by atoms with van der Waals surface area (Å²) in [6.07, 6.45) is 0.853. The van der Waals surface area contributed by atoms with Crippen molar-refractivity contribution in [3.05, 3.63) is 68.7 Å². The molecule has 0 aromatic heterocycles. The van der Waals surface area contributed by atoms with Crippen molar-refractivity contribution in [3.63, 3.8) is 0 Å². The van der Waals surface area contributed by atoms with Gasteiger partial charge in [0.05, 0.1) is 21.9 Å². The predicted molar refractivity (Wildman–Crippen MR) is 141 cm³/mol. The molecule has 11 heteroatoms. The number of nitrogens with zero attached hydrogens (tertiary/aromatic N) is 2. The molecule has 0 bridgehead atoms. The number of carbonyl (C=O) groups is 4. The maximum Gasteiger partial charge on any atom is 0.273 e. The molecule has 1 saturated carbocycles.